The van der Waals surface area contributed by atoms with Crippen LogP contribution in [0.3, 0.4) is 0 Å². The molecule has 0 aliphatic carbocycles. The molecule has 2 aromatic rings. The molecule has 0 saturated carbocycles. The van der Waals surface area contributed by atoms with Crippen LogP contribution in [0.25, 0.3) is 5.69 Å². The van der Waals surface area contributed by atoms with Gasteiger partial charge in [-0.1, -0.05) is 6.07 Å². The molecular weight excluding hydrogens is 324 g/mol. The minimum atomic E-state index is -0.611. The molecular formula is C16H22N6O3. The summed E-state index contributed by atoms with van der Waals surface area (Å²) in [6.07, 6.45) is -0.555. The van der Waals surface area contributed by atoms with E-state index in [1.54, 1.807) is 50.6 Å². The van der Waals surface area contributed by atoms with Crippen molar-refractivity contribution in [1.29, 1.82) is 0 Å². The summed E-state index contributed by atoms with van der Waals surface area (Å²) in [5.74, 6) is 0.298. The standard InChI is InChI=1S/C16H22N6O3/c1-11-18-19-20-22(11)13-8-6-7-12(9-13)17-14(23)10-21(5)15(24)25-16(2,3)4/h6-9H,10H2,1-5H3,(H,17,23). The van der Waals surface area contributed by atoms with Gasteiger partial charge in [-0.05, 0) is 56.3 Å². The van der Waals surface area contributed by atoms with Crippen molar-refractivity contribution >= 4 is 17.7 Å². The summed E-state index contributed by atoms with van der Waals surface area (Å²) in [6.45, 7) is 6.96. The molecule has 0 fully saturated rings. The summed E-state index contributed by atoms with van der Waals surface area (Å²) >= 11 is 0. The van der Waals surface area contributed by atoms with E-state index < -0.39 is 11.7 Å². The van der Waals surface area contributed by atoms with Gasteiger partial charge in [-0.15, -0.1) is 5.10 Å². The molecule has 134 valence electrons. The minimum absolute atomic E-state index is 0.122. The average Bonchev–Trinajstić information content (AvgIpc) is 2.91. The van der Waals surface area contributed by atoms with Crippen molar-refractivity contribution < 1.29 is 14.3 Å². The van der Waals surface area contributed by atoms with Gasteiger partial charge in [0.05, 0.1) is 5.69 Å². The van der Waals surface area contributed by atoms with E-state index in [0.29, 0.717) is 11.5 Å². The van der Waals surface area contributed by atoms with Gasteiger partial charge in [0.1, 0.15) is 12.1 Å². The summed E-state index contributed by atoms with van der Waals surface area (Å²) in [5.41, 5.74) is 0.690. The highest BCUT2D eigenvalue weighted by molar-refractivity contribution is 5.94. The summed E-state index contributed by atoms with van der Waals surface area (Å²) in [7, 11) is 1.51. The van der Waals surface area contributed by atoms with E-state index in [4.69, 9.17) is 4.74 Å². The minimum Gasteiger partial charge on any atom is -0.444 e. The van der Waals surface area contributed by atoms with E-state index in [1.165, 1.54) is 11.9 Å². The van der Waals surface area contributed by atoms with Crippen LogP contribution in [0.4, 0.5) is 10.5 Å². The smallest absolute Gasteiger partial charge is 0.410 e. The quantitative estimate of drug-likeness (QED) is 0.905. The Bertz CT molecular complexity index is 765. The number of carbonyl (C=O) groups excluding carboxylic acids is 2. The third-order valence-electron chi connectivity index (χ3n) is 3.09. The molecule has 9 nitrogen and oxygen atoms in total. The van der Waals surface area contributed by atoms with Crippen LogP contribution in [0.5, 0.6) is 0 Å². The summed E-state index contributed by atoms with van der Waals surface area (Å²) < 4.78 is 6.77. The lowest BCUT2D eigenvalue weighted by atomic mass is 10.2. The van der Waals surface area contributed by atoms with E-state index >= 15 is 0 Å². The zero-order chi connectivity index (χ0) is 18.6. The number of ether oxygens (including phenoxy) is 1. The number of nitrogens with zero attached hydrogens (tertiary/aromatic N) is 5. The van der Waals surface area contributed by atoms with Crippen LogP contribution in [0, 0.1) is 6.92 Å². The summed E-state index contributed by atoms with van der Waals surface area (Å²) in [5, 5.41) is 14.0. The molecule has 2 rings (SSSR count). The molecule has 1 aromatic heterocycles. The highest BCUT2D eigenvalue weighted by atomic mass is 16.6. The van der Waals surface area contributed by atoms with Gasteiger partial charge >= 0.3 is 6.09 Å². The van der Waals surface area contributed by atoms with Gasteiger partial charge in [0.15, 0.2) is 5.82 Å². The second kappa shape index (κ2) is 7.29. The van der Waals surface area contributed by atoms with Crippen molar-refractivity contribution in [2.45, 2.75) is 33.3 Å². The van der Waals surface area contributed by atoms with Crippen LogP contribution < -0.4 is 5.32 Å². The van der Waals surface area contributed by atoms with Gasteiger partial charge in [-0.25, -0.2) is 4.79 Å². The number of aromatic nitrogens is 4. The lowest BCUT2D eigenvalue weighted by Gasteiger charge is -2.24. The zero-order valence-electron chi connectivity index (χ0n) is 15.0. The predicted molar refractivity (Wildman–Crippen MR) is 91.4 cm³/mol. The molecule has 1 aromatic carbocycles. The van der Waals surface area contributed by atoms with E-state index in [1.807, 2.05) is 6.07 Å². The maximum atomic E-state index is 12.2. The molecule has 0 bridgehead atoms. The fourth-order valence-corrected chi connectivity index (χ4v) is 2.01. The van der Waals surface area contributed by atoms with E-state index in [2.05, 4.69) is 20.8 Å². The van der Waals surface area contributed by atoms with Gasteiger partial charge in [-0.3, -0.25) is 4.79 Å². The zero-order valence-corrected chi connectivity index (χ0v) is 15.0. The molecule has 1 heterocycles. The average molecular weight is 346 g/mol. The van der Waals surface area contributed by atoms with Crippen LogP contribution >= 0.6 is 0 Å². The van der Waals surface area contributed by atoms with Crippen LogP contribution in [0.1, 0.15) is 26.6 Å². The second-order valence-electron chi connectivity index (χ2n) is 6.57. The van der Waals surface area contributed by atoms with Gasteiger partial charge in [0.2, 0.25) is 5.91 Å². The number of tetrazole rings is 1. The largest absolute Gasteiger partial charge is 0.444 e. The first-order valence-electron chi connectivity index (χ1n) is 7.75. The number of amides is 2. The Morgan fingerprint density at radius 2 is 2.04 bits per heavy atom. The summed E-state index contributed by atoms with van der Waals surface area (Å²) in [6, 6.07) is 7.10. The summed E-state index contributed by atoms with van der Waals surface area (Å²) in [4.78, 5) is 25.3. The Morgan fingerprint density at radius 3 is 2.64 bits per heavy atom. The molecule has 25 heavy (non-hydrogen) atoms. The number of likely N-dealkylation sites (N-methyl/N-ethyl adjacent to an activating group) is 1. The number of carbonyl (C=O) groups is 2. The number of benzene rings is 1. The molecule has 0 spiro atoms. The van der Waals surface area contributed by atoms with Gasteiger partial charge < -0.3 is 15.0 Å². The van der Waals surface area contributed by atoms with Crippen molar-refractivity contribution in [1.82, 2.24) is 25.1 Å². The fourth-order valence-electron chi connectivity index (χ4n) is 2.01. The third kappa shape index (κ3) is 5.27. The molecule has 0 unspecified atom stereocenters. The molecule has 9 heteroatoms. The molecule has 0 radical (unpaired) electrons. The maximum Gasteiger partial charge on any atom is 0.410 e. The van der Waals surface area contributed by atoms with E-state index in [-0.39, 0.29) is 12.5 Å². The second-order valence-corrected chi connectivity index (χ2v) is 6.57. The Labute approximate surface area is 146 Å². The third-order valence-corrected chi connectivity index (χ3v) is 3.09. The molecule has 0 aliphatic rings. The van der Waals surface area contributed by atoms with Crippen molar-refractivity contribution in [3.8, 4) is 5.69 Å². The van der Waals surface area contributed by atoms with Gasteiger partial charge in [0, 0.05) is 12.7 Å². The highest BCUT2D eigenvalue weighted by Gasteiger charge is 2.21. The molecule has 0 saturated heterocycles. The molecule has 0 aliphatic heterocycles. The Morgan fingerprint density at radius 1 is 1.32 bits per heavy atom. The number of anilines is 1. The maximum absolute atomic E-state index is 12.2. The van der Waals surface area contributed by atoms with Crippen LogP contribution in [-0.4, -0.2) is 56.3 Å². The number of hydrogen-bond acceptors (Lipinski definition) is 6. The molecule has 0 atom stereocenters. The number of nitrogens with one attached hydrogen (secondary N) is 1. The van der Waals surface area contributed by atoms with Crippen LogP contribution in [0.15, 0.2) is 24.3 Å². The van der Waals surface area contributed by atoms with E-state index in [0.717, 1.165) is 5.69 Å². The fraction of sp³-hybridized carbons (Fsp3) is 0.438. The highest BCUT2D eigenvalue weighted by Crippen LogP contribution is 2.15. The van der Waals surface area contributed by atoms with Crippen LogP contribution in [0.2, 0.25) is 0 Å². The monoisotopic (exact) mass is 346 g/mol. The topological polar surface area (TPSA) is 102 Å². The van der Waals surface area contributed by atoms with Crippen molar-refractivity contribution in [2.24, 2.45) is 0 Å². The number of hydrogen-bond donors (Lipinski definition) is 1. The van der Waals surface area contributed by atoms with Crippen LogP contribution in [-0.2, 0) is 9.53 Å². The van der Waals surface area contributed by atoms with Crippen molar-refractivity contribution in [3.05, 3.63) is 30.1 Å². The first-order valence-corrected chi connectivity index (χ1v) is 7.75. The first-order chi connectivity index (χ1) is 11.7. The predicted octanol–water partition coefficient (Wildman–Crippen LogP) is 1.78. The Hall–Kier alpha value is -2.97. The number of aryl methyl sites for hydroxylation is 1. The molecule has 1 N–H and O–H groups in total. The lowest BCUT2D eigenvalue weighted by Crippen LogP contribution is -2.38. The van der Waals surface area contributed by atoms with Gasteiger partial charge in [0.25, 0.3) is 0 Å². The lowest BCUT2D eigenvalue weighted by molar-refractivity contribution is -0.117. The number of rotatable bonds is 4. The Balaban J connectivity index is 1.99. The first kappa shape index (κ1) is 18.4. The van der Waals surface area contributed by atoms with Gasteiger partial charge in [-0.2, -0.15) is 4.68 Å². The van der Waals surface area contributed by atoms with Crippen molar-refractivity contribution in [3.63, 3.8) is 0 Å². The molecule has 2 amide bonds. The normalized spacial score (nSPS) is 11.1. The van der Waals surface area contributed by atoms with Crippen molar-refractivity contribution in [2.75, 3.05) is 18.9 Å². The Kier molecular flexibility index (Phi) is 5.35. The van der Waals surface area contributed by atoms with E-state index in [9.17, 15) is 9.59 Å². The SMILES string of the molecule is Cc1nnnn1-c1cccc(NC(=O)CN(C)C(=O)OC(C)(C)C)c1.